The SMILES string of the molecule is CCOC(=O)c1c(N)c(CC)nn1C. The minimum absolute atomic E-state index is 0.337. The van der Waals surface area contributed by atoms with Crippen molar-refractivity contribution in [2.24, 2.45) is 7.05 Å². The van der Waals surface area contributed by atoms with E-state index in [1.807, 2.05) is 6.92 Å². The number of aryl methyl sites for hydroxylation is 2. The highest BCUT2D eigenvalue weighted by molar-refractivity contribution is 5.93. The van der Waals surface area contributed by atoms with Crippen molar-refractivity contribution in [2.75, 3.05) is 12.3 Å². The van der Waals surface area contributed by atoms with E-state index in [2.05, 4.69) is 5.10 Å². The summed E-state index contributed by atoms with van der Waals surface area (Å²) in [5.41, 5.74) is 7.25. The third-order valence-electron chi connectivity index (χ3n) is 1.96. The van der Waals surface area contributed by atoms with Crippen molar-refractivity contribution in [3.8, 4) is 0 Å². The number of nitrogens with two attached hydrogens (primary N) is 1. The zero-order chi connectivity index (χ0) is 10.7. The lowest BCUT2D eigenvalue weighted by Gasteiger charge is -2.02. The Balaban J connectivity index is 3.07. The molecule has 0 atom stereocenters. The Bertz CT molecular complexity index is 344. The normalized spacial score (nSPS) is 10.2. The summed E-state index contributed by atoms with van der Waals surface area (Å²) in [7, 11) is 1.68. The number of aromatic nitrogens is 2. The number of rotatable bonds is 3. The summed E-state index contributed by atoms with van der Waals surface area (Å²) in [5.74, 6) is -0.417. The minimum atomic E-state index is -0.417. The van der Waals surface area contributed by atoms with Gasteiger partial charge in [-0.3, -0.25) is 4.68 Å². The number of hydrogen-bond donors (Lipinski definition) is 1. The molecule has 0 unspecified atom stereocenters. The number of nitrogens with zero attached hydrogens (tertiary/aromatic N) is 2. The van der Waals surface area contributed by atoms with E-state index in [0.717, 1.165) is 5.69 Å². The van der Waals surface area contributed by atoms with Crippen LogP contribution < -0.4 is 5.73 Å². The molecule has 1 aromatic rings. The molecule has 1 aromatic heterocycles. The fourth-order valence-corrected chi connectivity index (χ4v) is 1.30. The average molecular weight is 197 g/mol. The molecule has 78 valence electrons. The van der Waals surface area contributed by atoms with Crippen LogP contribution in [0.4, 0.5) is 5.69 Å². The number of anilines is 1. The number of esters is 1. The molecule has 0 fully saturated rings. The van der Waals surface area contributed by atoms with Crippen LogP contribution in [-0.4, -0.2) is 22.4 Å². The molecule has 5 heteroatoms. The molecule has 1 heterocycles. The second kappa shape index (κ2) is 4.13. The van der Waals surface area contributed by atoms with E-state index in [1.54, 1.807) is 14.0 Å². The molecule has 2 N–H and O–H groups in total. The van der Waals surface area contributed by atoms with E-state index < -0.39 is 5.97 Å². The Morgan fingerprint density at radius 1 is 1.57 bits per heavy atom. The molecule has 0 saturated carbocycles. The maximum Gasteiger partial charge on any atom is 0.358 e. The predicted octanol–water partition coefficient (Wildman–Crippen LogP) is 0.741. The van der Waals surface area contributed by atoms with Gasteiger partial charge >= 0.3 is 5.97 Å². The molecule has 1 rings (SSSR count). The monoisotopic (exact) mass is 197 g/mol. The maximum atomic E-state index is 11.5. The van der Waals surface area contributed by atoms with Gasteiger partial charge in [0.05, 0.1) is 18.0 Å². The third-order valence-corrected chi connectivity index (χ3v) is 1.96. The molecule has 0 aliphatic carbocycles. The molecule has 0 amide bonds. The van der Waals surface area contributed by atoms with Crippen molar-refractivity contribution < 1.29 is 9.53 Å². The number of hydrogen-bond acceptors (Lipinski definition) is 4. The average Bonchev–Trinajstić information content (AvgIpc) is 2.41. The first-order valence-corrected chi connectivity index (χ1v) is 4.60. The Labute approximate surface area is 82.8 Å². The molecule has 0 bridgehead atoms. The van der Waals surface area contributed by atoms with Crippen LogP contribution in [0.5, 0.6) is 0 Å². The minimum Gasteiger partial charge on any atom is -0.461 e. The summed E-state index contributed by atoms with van der Waals surface area (Å²) in [6, 6.07) is 0. The van der Waals surface area contributed by atoms with Crippen LogP contribution in [0, 0.1) is 0 Å². The lowest BCUT2D eigenvalue weighted by Crippen LogP contribution is -2.12. The van der Waals surface area contributed by atoms with Crippen LogP contribution in [0.15, 0.2) is 0 Å². The topological polar surface area (TPSA) is 70.1 Å². The van der Waals surface area contributed by atoms with E-state index >= 15 is 0 Å². The van der Waals surface area contributed by atoms with Crippen LogP contribution >= 0.6 is 0 Å². The van der Waals surface area contributed by atoms with Crippen molar-refractivity contribution in [3.63, 3.8) is 0 Å². The highest BCUT2D eigenvalue weighted by Gasteiger charge is 2.19. The largest absolute Gasteiger partial charge is 0.461 e. The van der Waals surface area contributed by atoms with Gasteiger partial charge in [-0.2, -0.15) is 5.10 Å². The highest BCUT2D eigenvalue weighted by atomic mass is 16.5. The number of carbonyl (C=O) groups is 1. The van der Waals surface area contributed by atoms with Crippen LogP contribution in [0.1, 0.15) is 30.0 Å². The summed E-state index contributed by atoms with van der Waals surface area (Å²) in [6.45, 7) is 4.03. The van der Waals surface area contributed by atoms with E-state index in [0.29, 0.717) is 24.4 Å². The van der Waals surface area contributed by atoms with E-state index in [-0.39, 0.29) is 0 Å². The molecule has 0 aliphatic rings. The van der Waals surface area contributed by atoms with Gasteiger partial charge in [0.25, 0.3) is 0 Å². The van der Waals surface area contributed by atoms with Gasteiger partial charge in [0.2, 0.25) is 0 Å². The van der Waals surface area contributed by atoms with E-state index in [9.17, 15) is 4.79 Å². The quantitative estimate of drug-likeness (QED) is 0.725. The molecule has 0 aromatic carbocycles. The van der Waals surface area contributed by atoms with Crippen molar-refractivity contribution >= 4 is 11.7 Å². The van der Waals surface area contributed by atoms with Crippen molar-refractivity contribution in [1.82, 2.24) is 9.78 Å². The number of nitrogen functional groups attached to an aromatic ring is 1. The zero-order valence-corrected chi connectivity index (χ0v) is 8.70. The van der Waals surface area contributed by atoms with Gasteiger partial charge < -0.3 is 10.5 Å². The summed E-state index contributed by atoms with van der Waals surface area (Å²) < 4.78 is 6.33. The van der Waals surface area contributed by atoms with Gasteiger partial charge in [0.15, 0.2) is 5.69 Å². The fourth-order valence-electron chi connectivity index (χ4n) is 1.30. The third kappa shape index (κ3) is 1.71. The predicted molar refractivity (Wildman–Crippen MR) is 53.0 cm³/mol. The van der Waals surface area contributed by atoms with Crippen LogP contribution in [0.3, 0.4) is 0 Å². The Hall–Kier alpha value is -1.52. The molecule has 14 heavy (non-hydrogen) atoms. The molecule has 0 aliphatic heterocycles. The number of carbonyl (C=O) groups excluding carboxylic acids is 1. The highest BCUT2D eigenvalue weighted by Crippen LogP contribution is 2.17. The standard InChI is InChI=1S/C9H15N3O2/c1-4-6-7(10)8(12(3)11-6)9(13)14-5-2/h4-5,10H2,1-3H3. The lowest BCUT2D eigenvalue weighted by atomic mass is 10.2. The van der Waals surface area contributed by atoms with Crippen LogP contribution in [0.2, 0.25) is 0 Å². The lowest BCUT2D eigenvalue weighted by molar-refractivity contribution is 0.0515. The van der Waals surface area contributed by atoms with Gasteiger partial charge in [0.1, 0.15) is 0 Å². The molecular formula is C9H15N3O2. The first-order valence-electron chi connectivity index (χ1n) is 4.60. The first kappa shape index (κ1) is 10.6. The molecule has 0 radical (unpaired) electrons. The van der Waals surface area contributed by atoms with Crippen molar-refractivity contribution in [2.45, 2.75) is 20.3 Å². The molecule has 0 spiro atoms. The second-order valence-corrected chi connectivity index (χ2v) is 2.91. The zero-order valence-electron chi connectivity index (χ0n) is 8.70. The molecule has 0 saturated heterocycles. The number of ether oxygens (including phenoxy) is 1. The second-order valence-electron chi connectivity index (χ2n) is 2.91. The van der Waals surface area contributed by atoms with E-state index in [1.165, 1.54) is 4.68 Å². The van der Waals surface area contributed by atoms with Gasteiger partial charge in [0, 0.05) is 7.05 Å². The van der Waals surface area contributed by atoms with Gasteiger partial charge in [-0.1, -0.05) is 6.92 Å². The van der Waals surface area contributed by atoms with Crippen LogP contribution in [-0.2, 0) is 18.2 Å². The van der Waals surface area contributed by atoms with Gasteiger partial charge in [-0.25, -0.2) is 4.79 Å². The first-order chi connectivity index (χ1) is 6.61. The summed E-state index contributed by atoms with van der Waals surface area (Å²) >= 11 is 0. The maximum absolute atomic E-state index is 11.5. The van der Waals surface area contributed by atoms with Gasteiger partial charge in [-0.15, -0.1) is 0 Å². The summed E-state index contributed by atoms with van der Waals surface area (Å²) in [6.07, 6.45) is 0.707. The van der Waals surface area contributed by atoms with Crippen molar-refractivity contribution in [3.05, 3.63) is 11.4 Å². The summed E-state index contributed by atoms with van der Waals surface area (Å²) in [4.78, 5) is 11.5. The van der Waals surface area contributed by atoms with E-state index in [4.69, 9.17) is 10.5 Å². The summed E-state index contributed by atoms with van der Waals surface area (Å²) in [5, 5.41) is 4.12. The fraction of sp³-hybridized carbons (Fsp3) is 0.556. The van der Waals surface area contributed by atoms with Crippen LogP contribution in [0.25, 0.3) is 0 Å². The smallest absolute Gasteiger partial charge is 0.358 e. The molecular weight excluding hydrogens is 182 g/mol. The Morgan fingerprint density at radius 3 is 2.64 bits per heavy atom. The Kier molecular flexibility index (Phi) is 3.11. The van der Waals surface area contributed by atoms with Gasteiger partial charge in [-0.05, 0) is 13.3 Å². The Morgan fingerprint density at radius 2 is 2.21 bits per heavy atom. The van der Waals surface area contributed by atoms with Crippen molar-refractivity contribution in [1.29, 1.82) is 0 Å². The molecule has 5 nitrogen and oxygen atoms in total.